The standard InChI is InChI=1S/C14H15BrN2O/c1-3-17-14(12(15)9-16-17)13(18)8-11-6-4-10(2)5-7-11/h4-7,9H,3,8H2,1-2H3. The van der Waals surface area contributed by atoms with E-state index in [4.69, 9.17) is 0 Å². The van der Waals surface area contributed by atoms with Crippen molar-refractivity contribution in [2.45, 2.75) is 26.8 Å². The molecule has 3 nitrogen and oxygen atoms in total. The van der Waals surface area contributed by atoms with Crippen LogP contribution in [0.5, 0.6) is 0 Å². The summed E-state index contributed by atoms with van der Waals surface area (Å²) in [7, 11) is 0. The van der Waals surface area contributed by atoms with Gasteiger partial charge in [-0.15, -0.1) is 0 Å². The summed E-state index contributed by atoms with van der Waals surface area (Å²) < 4.78 is 2.49. The number of aromatic nitrogens is 2. The van der Waals surface area contributed by atoms with Crippen LogP contribution in [0.3, 0.4) is 0 Å². The number of aryl methyl sites for hydroxylation is 2. The Morgan fingerprint density at radius 2 is 2.00 bits per heavy atom. The maximum Gasteiger partial charge on any atom is 0.186 e. The number of rotatable bonds is 4. The van der Waals surface area contributed by atoms with E-state index in [9.17, 15) is 4.79 Å². The Labute approximate surface area is 115 Å². The largest absolute Gasteiger partial charge is 0.292 e. The Bertz CT molecular complexity index is 558. The first-order valence-corrected chi connectivity index (χ1v) is 6.71. The van der Waals surface area contributed by atoms with Gasteiger partial charge in [0, 0.05) is 13.0 Å². The quantitative estimate of drug-likeness (QED) is 0.812. The topological polar surface area (TPSA) is 34.9 Å². The number of benzene rings is 1. The van der Waals surface area contributed by atoms with Crippen molar-refractivity contribution in [1.82, 2.24) is 9.78 Å². The summed E-state index contributed by atoms with van der Waals surface area (Å²) in [6.07, 6.45) is 2.08. The number of ketones is 1. The van der Waals surface area contributed by atoms with Gasteiger partial charge in [0.15, 0.2) is 5.78 Å². The van der Waals surface area contributed by atoms with Crippen molar-refractivity contribution in [3.05, 3.63) is 51.8 Å². The number of nitrogens with zero attached hydrogens (tertiary/aromatic N) is 2. The zero-order valence-corrected chi connectivity index (χ0v) is 12.1. The summed E-state index contributed by atoms with van der Waals surface area (Å²) in [6, 6.07) is 8.03. The average Bonchev–Trinajstić information content (AvgIpc) is 2.73. The Balaban J connectivity index is 2.21. The molecule has 0 bridgehead atoms. The molecule has 0 saturated carbocycles. The molecule has 0 radical (unpaired) electrons. The molecule has 0 unspecified atom stereocenters. The molecule has 4 heteroatoms. The van der Waals surface area contributed by atoms with Crippen LogP contribution >= 0.6 is 15.9 Å². The second-order valence-electron chi connectivity index (χ2n) is 4.24. The van der Waals surface area contributed by atoms with Gasteiger partial charge >= 0.3 is 0 Å². The van der Waals surface area contributed by atoms with Gasteiger partial charge in [0.2, 0.25) is 0 Å². The normalized spacial score (nSPS) is 10.6. The van der Waals surface area contributed by atoms with Gasteiger partial charge in [-0.3, -0.25) is 9.48 Å². The third kappa shape index (κ3) is 2.70. The van der Waals surface area contributed by atoms with Crippen molar-refractivity contribution < 1.29 is 4.79 Å². The van der Waals surface area contributed by atoms with Crippen LogP contribution < -0.4 is 0 Å². The zero-order chi connectivity index (χ0) is 13.1. The highest BCUT2D eigenvalue weighted by molar-refractivity contribution is 9.10. The van der Waals surface area contributed by atoms with E-state index in [0.29, 0.717) is 18.7 Å². The Morgan fingerprint density at radius 3 is 2.61 bits per heavy atom. The van der Waals surface area contributed by atoms with Crippen LogP contribution in [-0.4, -0.2) is 15.6 Å². The van der Waals surface area contributed by atoms with E-state index in [0.717, 1.165) is 10.0 Å². The lowest BCUT2D eigenvalue weighted by molar-refractivity contribution is 0.0982. The van der Waals surface area contributed by atoms with E-state index in [1.54, 1.807) is 10.9 Å². The molecular formula is C14H15BrN2O. The molecular weight excluding hydrogens is 292 g/mol. The summed E-state index contributed by atoms with van der Waals surface area (Å²) in [4.78, 5) is 12.3. The first-order chi connectivity index (χ1) is 8.61. The smallest absolute Gasteiger partial charge is 0.186 e. The highest BCUT2D eigenvalue weighted by atomic mass is 79.9. The first-order valence-electron chi connectivity index (χ1n) is 5.92. The number of hydrogen-bond donors (Lipinski definition) is 0. The van der Waals surface area contributed by atoms with Crippen LogP contribution in [-0.2, 0) is 13.0 Å². The molecule has 2 rings (SSSR count). The number of halogens is 1. The maximum absolute atomic E-state index is 12.3. The molecule has 0 atom stereocenters. The minimum atomic E-state index is 0.0880. The molecule has 0 saturated heterocycles. The average molecular weight is 307 g/mol. The van der Waals surface area contributed by atoms with E-state index in [1.807, 2.05) is 38.1 Å². The predicted molar refractivity (Wildman–Crippen MR) is 74.8 cm³/mol. The maximum atomic E-state index is 12.3. The van der Waals surface area contributed by atoms with Gasteiger partial charge in [0.25, 0.3) is 0 Å². The van der Waals surface area contributed by atoms with Crippen molar-refractivity contribution in [3.8, 4) is 0 Å². The van der Waals surface area contributed by atoms with Gasteiger partial charge in [0.05, 0.1) is 10.7 Å². The van der Waals surface area contributed by atoms with E-state index in [2.05, 4.69) is 21.0 Å². The van der Waals surface area contributed by atoms with Crippen molar-refractivity contribution in [2.75, 3.05) is 0 Å². The predicted octanol–water partition coefficient (Wildman–Crippen LogP) is 3.40. The third-order valence-corrected chi connectivity index (χ3v) is 3.42. The van der Waals surface area contributed by atoms with Crippen LogP contribution in [0.15, 0.2) is 34.9 Å². The van der Waals surface area contributed by atoms with Crippen molar-refractivity contribution in [1.29, 1.82) is 0 Å². The minimum Gasteiger partial charge on any atom is -0.292 e. The van der Waals surface area contributed by atoms with Gasteiger partial charge in [-0.05, 0) is 35.3 Å². The molecule has 1 aromatic heterocycles. The van der Waals surface area contributed by atoms with Gasteiger partial charge in [-0.1, -0.05) is 29.8 Å². The molecule has 94 valence electrons. The van der Waals surface area contributed by atoms with Crippen molar-refractivity contribution >= 4 is 21.7 Å². The summed E-state index contributed by atoms with van der Waals surface area (Å²) in [6.45, 7) is 4.71. The third-order valence-electron chi connectivity index (χ3n) is 2.84. The summed E-state index contributed by atoms with van der Waals surface area (Å²) >= 11 is 3.38. The van der Waals surface area contributed by atoms with E-state index in [1.165, 1.54) is 5.56 Å². The Kier molecular flexibility index (Phi) is 3.97. The van der Waals surface area contributed by atoms with Crippen LogP contribution in [0.25, 0.3) is 0 Å². The molecule has 18 heavy (non-hydrogen) atoms. The summed E-state index contributed by atoms with van der Waals surface area (Å²) in [5, 5.41) is 4.16. The lowest BCUT2D eigenvalue weighted by Gasteiger charge is -2.05. The zero-order valence-electron chi connectivity index (χ0n) is 10.5. The number of hydrogen-bond acceptors (Lipinski definition) is 2. The monoisotopic (exact) mass is 306 g/mol. The molecule has 1 heterocycles. The first kappa shape index (κ1) is 13.0. The number of Topliss-reactive ketones (excluding diaryl/α,β-unsaturated/α-hetero) is 1. The highest BCUT2D eigenvalue weighted by Crippen LogP contribution is 2.18. The molecule has 2 aromatic rings. The Morgan fingerprint density at radius 1 is 1.33 bits per heavy atom. The lowest BCUT2D eigenvalue weighted by atomic mass is 10.1. The van der Waals surface area contributed by atoms with Gasteiger partial charge < -0.3 is 0 Å². The van der Waals surface area contributed by atoms with E-state index in [-0.39, 0.29) is 5.78 Å². The molecule has 1 aromatic carbocycles. The summed E-state index contributed by atoms with van der Waals surface area (Å²) in [5.74, 6) is 0.0880. The molecule has 0 N–H and O–H groups in total. The van der Waals surface area contributed by atoms with Gasteiger partial charge in [-0.2, -0.15) is 5.10 Å². The van der Waals surface area contributed by atoms with Crippen LogP contribution in [0.1, 0.15) is 28.5 Å². The molecule has 0 aliphatic rings. The minimum absolute atomic E-state index is 0.0880. The highest BCUT2D eigenvalue weighted by Gasteiger charge is 2.16. The van der Waals surface area contributed by atoms with E-state index < -0.39 is 0 Å². The fraction of sp³-hybridized carbons (Fsp3) is 0.286. The fourth-order valence-electron chi connectivity index (χ4n) is 1.85. The number of carbonyl (C=O) groups is 1. The molecule has 0 fully saturated rings. The van der Waals surface area contributed by atoms with E-state index >= 15 is 0 Å². The van der Waals surface area contributed by atoms with Gasteiger partial charge in [-0.25, -0.2) is 0 Å². The molecule has 0 aliphatic carbocycles. The van der Waals surface area contributed by atoms with Crippen molar-refractivity contribution in [2.24, 2.45) is 0 Å². The van der Waals surface area contributed by atoms with Gasteiger partial charge in [0.1, 0.15) is 5.69 Å². The van der Waals surface area contributed by atoms with Crippen LogP contribution in [0, 0.1) is 6.92 Å². The molecule has 0 aliphatic heterocycles. The lowest BCUT2D eigenvalue weighted by Crippen LogP contribution is -2.12. The SMILES string of the molecule is CCn1ncc(Br)c1C(=O)Cc1ccc(C)cc1. The molecule has 0 spiro atoms. The number of carbonyl (C=O) groups excluding carboxylic acids is 1. The van der Waals surface area contributed by atoms with Crippen LogP contribution in [0.4, 0.5) is 0 Å². The van der Waals surface area contributed by atoms with Crippen molar-refractivity contribution in [3.63, 3.8) is 0 Å². The molecule has 0 amide bonds. The summed E-state index contributed by atoms with van der Waals surface area (Å²) in [5.41, 5.74) is 2.88. The second-order valence-corrected chi connectivity index (χ2v) is 5.10. The second kappa shape index (κ2) is 5.48. The Hall–Kier alpha value is -1.42. The fourth-order valence-corrected chi connectivity index (χ4v) is 2.37. The van der Waals surface area contributed by atoms with Crippen LogP contribution in [0.2, 0.25) is 0 Å².